The highest BCUT2D eigenvalue weighted by atomic mass is 16.5. The monoisotopic (exact) mass is 337 g/mol. The Morgan fingerprint density at radius 3 is 2.36 bits per heavy atom. The zero-order valence-electron chi connectivity index (χ0n) is 13.9. The Hall–Kier alpha value is -3.04. The van der Waals surface area contributed by atoms with Gasteiger partial charge in [0.1, 0.15) is 18.5 Å². The Morgan fingerprint density at radius 1 is 1.12 bits per heavy atom. The summed E-state index contributed by atoms with van der Waals surface area (Å²) in [5, 5.41) is 19.1. The van der Waals surface area contributed by atoms with E-state index in [1.165, 1.54) is 0 Å². The van der Waals surface area contributed by atoms with Crippen LogP contribution in [-0.4, -0.2) is 27.0 Å². The predicted octanol–water partition coefficient (Wildman–Crippen LogP) is 2.13. The number of nitrogens with zero attached hydrogens (tertiary/aromatic N) is 3. The number of aryl methyl sites for hydroxylation is 1. The molecule has 0 aliphatic heterocycles. The molecule has 2 aromatic carbocycles. The van der Waals surface area contributed by atoms with E-state index in [9.17, 15) is 9.90 Å². The highest BCUT2D eigenvalue weighted by Crippen LogP contribution is 2.14. The lowest BCUT2D eigenvalue weighted by Crippen LogP contribution is -2.31. The van der Waals surface area contributed by atoms with E-state index < -0.39 is 6.10 Å². The highest BCUT2D eigenvalue weighted by Gasteiger charge is 2.15. The molecular formula is C19H19N3O3. The quantitative estimate of drug-likeness (QED) is 0.747. The maximum absolute atomic E-state index is 12.5. The first-order valence-corrected chi connectivity index (χ1v) is 8.13. The number of benzene rings is 2. The lowest BCUT2D eigenvalue weighted by atomic mass is 10.2. The summed E-state index contributed by atoms with van der Waals surface area (Å²) in [7, 11) is 0. The van der Waals surface area contributed by atoms with Gasteiger partial charge in [0.15, 0.2) is 0 Å². The summed E-state index contributed by atoms with van der Waals surface area (Å²) < 4.78 is 8.80. The van der Waals surface area contributed by atoms with Crippen LogP contribution in [0.15, 0.2) is 53.3 Å². The van der Waals surface area contributed by atoms with E-state index in [1.54, 1.807) is 33.4 Å². The van der Waals surface area contributed by atoms with E-state index >= 15 is 0 Å². The molecule has 3 aromatic rings. The molecule has 0 saturated heterocycles. The average molecular weight is 337 g/mol. The lowest BCUT2D eigenvalue weighted by molar-refractivity contribution is 0.0924. The van der Waals surface area contributed by atoms with Crippen LogP contribution in [0.3, 0.4) is 0 Å². The standard InChI is InChI=1S/C19H19N3O3/c1-2-21-17-5-3-4-6-18(17)22(19(21)24)12-15(23)13-25-16-9-7-14(11-20)8-10-16/h3-10,15,23H,2,12-13H2,1H3/t15-/m0/s1. The molecule has 0 aliphatic rings. The van der Waals surface area contributed by atoms with Crippen LogP contribution in [0.4, 0.5) is 0 Å². The van der Waals surface area contributed by atoms with Crippen LogP contribution in [0.5, 0.6) is 5.75 Å². The molecule has 0 bridgehead atoms. The Balaban J connectivity index is 1.74. The molecule has 128 valence electrons. The number of aliphatic hydroxyl groups excluding tert-OH is 1. The van der Waals surface area contributed by atoms with Gasteiger partial charge in [-0.2, -0.15) is 5.26 Å². The summed E-state index contributed by atoms with van der Waals surface area (Å²) >= 11 is 0. The van der Waals surface area contributed by atoms with Crippen molar-refractivity contribution in [2.45, 2.75) is 26.1 Å². The van der Waals surface area contributed by atoms with Crippen molar-refractivity contribution in [1.82, 2.24) is 9.13 Å². The van der Waals surface area contributed by atoms with Gasteiger partial charge in [-0.3, -0.25) is 9.13 Å². The fraction of sp³-hybridized carbons (Fsp3) is 0.263. The van der Waals surface area contributed by atoms with Crippen LogP contribution in [0, 0.1) is 11.3 Å². The van der Waals surface area contributed by atoms with Crippen molar-refractivity contribution in [3.8, 4) is 11.8 Å². The summed E-state index contributed by atoms with van der Waals surface area (Å²) in [4.78, 5) is 12.5. The highest BCUT2D eigenvalue weighted by molar-refractivity contribution is 5.75. The Morgan fingerprint density at radius 2 is 1.76 bits per heavy atom. The molecule has 1 heterocycles. The Labute approximate surface area is 145 Å². The van der Waals surface area contributed by atoms with Crippen molar-refractivity contribution in [1.29, 1.82) is 5.26 Å². The van der Waals surface area contributed by atoms with Crippen molar-refractivity contribution in [2.24, 2.45) is 0 Å². The molecule has 1 atom stereocenters. The third-order valence-corrected chi connectivity index (χ3v) is 4.06. The summed E-state index contributed by atoms with van der Waals surface area (Å²) in [5.74, 6) is 0.571. The van der Waals surface area contributed by atoms with Gasteiger partial charge < -0.3 is 9.84 Å². The number of hydrogen-bond acceptors (Lipinski definition) is 4. The van der Waals surface area contributed by atoms with Crippen molar-refractivity contribution in [3.05, 3.63) is 64.6 Å². The molecule has 1 aromatic heterocycles. The molecular weight excluding hydrogens is 318 g/mol. The zero-order chi connectivity index (χ0) is 17.8. The van der Waals surface area contributed by atoms with E-state index in [-0.39, 0.29) is 18.8 Å². The first kappa shape index (κ1) is 16.8. The maximum Gasteiger partial charge on any atom is 0.329 e. The van der Waals surface area contributed by atoms with Gasteiger partial charge in [-0.25, -0.2) is 4.79 Å². The molecule has 0 amide bonds. The summed E-state index contributed by atoms with van der Waals surface area (Å²) in [6, 6.07) is 16.2. The normalized spacial score (nSPS) is 12.0. The molecule has 0 aliphatic carbocycles. The van der Waals surface area contributed by atoms with Crippen LogP contribution in [-0.2, 0) is 13.1 Å². The second-order valence-corrected chi connectivity index (χ2v) is 5.73. The number of para-hydroxylation sites is 2. The number of rotatable bonds is 6. The van der Waals surface area contributed by atoms with E-state index in [0.717, 1.165) is 11.0 Å². The van der Waals surface area contributed by atoms with Gasteiger partial charge in [-0.05, 0) is 43.3 Å². The number of ether oxygens (including phenoxy) is 1. The van der Waals surface area contributed by atoms with E-state index in [4.69, 9.17) is 10.00 Å². The maximum atomic E-state index is 12.5. The van der Waals surface area contributed by atoms with Crippen molar-refractivity contribution in [3.63, 3.8) is 0 Å². The fourth-order valence-corrected chi connectivity index (χ4v) is 2.84. The first-order chi connectivity index (χ1) is 12.1. The molecule has 25 heavy (non-hydrogen) atoms. The van der Waals surface area contributed by atoms with E-state index in [0.29, 0.717) is 17.9 Å². The topological polar surface area (TPSA) is 80.2 Å². The van der Waals surface area contributed by atoms with Crippen LogP contribution in [0.25, 0.3) is 11.0 Å². The van der Waals surface area contributed by atoms with Crippen LogP contribution in [0.2, 0.25) is 0 Å². The van der Waals surface area contributed by atoms with Crippen molar-refractivity contribution in [2.75, 3.05) is 6.61 Å². The summed E-state index contributed by atoms with van der Waals surface area (Å²) in [5.41, 5.74) is 2.06. The van der Waals surface area contributed by atoms with Crippen molar-refractivity contribution >= 4 is 11.0 Å². The first-order valence-electron chi connectivity index (χ1n) is 8.13. The molecule has 0 saturated carbocycles. The molecule has 0 spiro atoms. The minimum absolute atomic E-state index is 0.0595. The fourth-order valence-electron chi connectivity index (χ4n) is 2.84. The number of fused-ring (bicyclic) bond motifs is 1. The predicted molar refractivity (Wildman–Crippen MR) is 94.5 cm³/mol. The summed E-state index contributed by atoms with van der Waals surface area (Å²) in [6.07, 6.45) is -0.829. The molecule has 6 nitrogen and oxygen atoms in total. The third kappa shape index (κ3) is 3.42. The molecule has 0 unspecified atom stereocenters. The molecule has 0 radical (unpaired) electrons. The molecule has 0 fully saturated rings. The number of aliphatic hydroxyl groups is 1. The van der Waals surface area contributed by atoms with Crippen LogP contribution >= 0.6 is 0 Å². The van der Waals surface area contributed by atoms with Gasteiger partial charge in [-0.1, -0.05) is 12.1 Å². The average Bonchev–Trinajstić information content (AvgIpc) is 2.91. The Bertz CT molecular complexity index is 964. The van der Waals surface area contributed by atoms with Gasteiger partial charge in [0.05, 0.1) is 29.2 Å². The molecule has 1 N–H and O–H groups in total. The second kappa shape index (κ2) is 7.24. The third-order valence-electron chi connectivity index (χ3n) is 4.06. The lowest BCUT2D eigenvalue weighted by Gasteiger charge is -2.13. The zero-order valence-corrected chi connectivity index (χ0v) is 13.9. The largest absolute Gasteiger partial charge is 0.491 e. The van der Waals surface area contributed by atoms with Crippen LogP contribution < -0.4 is 10.4 Å². The number of imidazole rings is 1. The minimum atomic E-state index is -0.829. The SMILES string of the molecule is CCn1c(=O)n(C[C@H](O)COc2ccc(C#N)cc2)c2ccccc21. The van der Waals surface area contributed by atoms with Gasteiger partial charge in [0, 0.05) is 6.54 Å². The number of nitriles is 1. The van der Waals surface area contributed by atoms with E-state index in [1.807, 2.05) is 37.3 Å². The van der Waals surface area contributed by atoms with Gasteiger partial charge in [0.2, 0.25) is 0 Å². The Kier molecular flexibility index (Phi) is 4.87. The van der Waals surface area contributed by atoms with Gasteiger partial charge in [-0.15, -0.1) is 0 Å². The van der Waals surface area contributed by atoms with Gasteiger partial charge in [0.25, 0.3) is 0 Å². The van der Waals surface area contributed by atoms with Crippen molar-refractivity contribution < 1.29 is 9.84 Å². The van der Waals surface area contributed by atoms with Gasteiger partial charge >= 0.3 is 5.69 Å². The van der Waals surface area contributed by atoms with E-state index in [2.05, 4.69) is 0 Å². The second-order valence-electron chi connectivity index (χ2n) is 5.73. The minimum Gasteiger partial charge on any atom is -0.491 e. The molecule has 3 rings (SSSR count). The molecule has 6 heteroatoms. The number of aromatic nitrogens is 2. The van der Waals surface area contributed by atoms with Crippen LogP contribution in [0.1, 0.15) is 12.5 Å². The smallest absolute Gasteiger partial charge is 0.329 e. The summed E-state index contributed by atoms with van der Waals surface area (Å²) in [6.45, 7) is 2.71. The number of hydrogen-bond donors (Lipinski definition) is 1.